The summed E-state index contributed by atoms with van der Waals surface area (Å²) < 4.78 is 32.3. The van der Waals surface area contributed by atoms with Crippen LogP contribution in [0.4, 0.5) is 0 Å². The van der Waals surface area contributed by atoms with Crippen molar-refractivity contribution >= 4 is 10.1 Å². The summed E-state index contributed by atoms with van der Waals surface area (Å²) in [4.78, 5) is -0.178. The van der Waals surface area contributed by atoms with Crippen molar-refractivity contribution in [1.29, 1.82) is 0 Å². The molecule has 1 rings (SSSR count). The van der Waals surface area contributed by atoms with Crippen LogP contribution >= 0.6 is 0 Å². The minimum atomic E-state index is -4.27. The second-order valence-corrected chi connectivity index (χ2v) is 9.73. The highest BCUT2D eigenvalue weighted by Crippen LogP contribution is 2.16. The Hall–Kier alpha value is -0.950. The van der Waals surface area contributed by atoms with Gasteiger partial charge in [0.1, 0.15) is 16.7 Å². The van der Waals surface area contributed by atoms with Gasteiger partial charge in [-0.1, -0.05) is 57.7 Å². The zero-order valence-corrected chi connectivity index (χ0v) is 20.6. The maximum absolute atomic E-state index is 10.4. The fourth-order valence-corrected chi connectivity index (χ4v) is 4.15. The molecule has 30 heavy (non-hydrogen) atoms. The molecule has 1 N–H and O–H groups in total. The van der Waals surface area contributed by atoms with Crippen molar-refractivity contribution in [1.82, 2.24) is 0 Å². The molecular formula is C24H45NO4S. The van der Waals surface area contributed by atoms with Crippen molar-refractivity contribution in [3.05, 3.63) is 29.8 Å². The van der Waals surface area contributed by atoms with Crippen LogP contribution < -0.4 is 0 Å². The summed E-state index contributed by atoms with van der Waals surface area (Å²) in [7, 11) is -4.27. The fourth-order valence-electron chi connectivity index (χ4n) is 3.68. The number of aliphatic hydroxyl groups excluding tert-OH is 1. The highest BCUT2D eigenvalue weighted by atomic mass is 32.2. The van der Waals surface area contributed by atoms with E-state index >= 15 is 0 Å². The Morgan fingerprint density at radius 3 is 1.47 bits per heavy atom. The number of aryl methyl sites for hydroxylation is 1. The standard InChI is InChI=1S/C17H38NO.C7H8O3S/c1-4-7-10-13-18(16-17-19,14-11-8-5-2)15-12-9-6-3;1-6-2-4-7(5-3-6)11(8,9)10/h19H,4-17H2,1-3H3;2-5H,1H3,(H,8,9,10)/q+1;/p-1. The van der Waals surface area contributed by atoms with Crippen LogP contribution in [0.2, 0.25) is 0 Å². The highest BCUT2D eigenvalue weighted by molar-refractivity contribution is 7.85. The molecule has 0 fully saturated rings. The van der Waals surface area contributed by atoms with Gasteiger partial charge in [-0.05, 0) is 57.6 Å². The number of rotatable bonds is 15. The molecule has 0 radical (unpaired) electrons. The summed E-state index contributed by atoms with van der Waals surface area (Å²) in [6.07, 6.45) is 11.9. The van der Waals surface area contributed by atoms with Crippen LogP contribution in [0.1, 0.15) is 84.1 Å². The normalized spacial score (nSPS) is 11.8. The Labute approximate surface area is 185 Å². The van der Waals surface area contributed by atoms with Crippen LogP contribution in [0.3, 0.4) is 0 Å². The lowest BCUT2D eigenvalue weighted by atomic mass is 10.1. The number of aliphatic hydroxyl groups is 1. The van der Waals surface area contributed by atoms with Gasteiger partial charge in [-0.2, -0.15) is 0 Å². The molecule has 0 saturated heterocycles. The first kappa shape index (κ1) is 29.1. The summed E-state index contributed by atoms with van der Waals surface area (Å²) in [5, 5.41) is 9.46. The molecule has 0 amide bonds. The Morgan fingerprint density at radius 2 is 1.17 bits per heavy atom. The lowest BCUT2D eigenvalue weighted by Gasteiger charge is -2.39. The summed E-state index contributed by atoms with van der Waals surface area (Å²) in [6.45, 7) is 13.8. The van der Waals surface area contributed by atoms with Gasteiger partial charge in [0, 0.05) is 0 Å². The van der Waals surface area contributed by atoms with Crippen molar-refractivity contribution in [2.24, 2.45) is 0 Å². The maximum Gasteiger partial charge on any atom is 0.124 e. The molecule has 5 nitrogen and oxygen atoms in total. The van der Waals surface area contributed by atoms with Gasteiger partial charge in [0.2, 0.25) is 0 Å². The van der Waals surface area contributed by atoms with Gasteiger partial charge in [0.15, 0.2) is 0 Å². The van der Waals surface area contributed by atoms with E-state index in [2.05, 4.69) is 20.8 Å². The first-order valence-corrected chi connectivity index (χ1v) is 13.1. The van der Waals surface area contributed by atoms with E-state index in [1.807, 2.05) is 6.92 Å². The van der Waals surface area contributed by atoms with E-state index in [1.54, 1.807) is 12.1 Å². The van der Waals surface area contributed by atoms with Crippen LogP contribution in [0, 0.1) is 6.92 Å². The third-order valence-corrected chi connectivity index (χ3v) is 6.44. The van der Waals surface area contributed by atoms with Gasteiger partial charge in [-0.15, -0.1) is 0 Å². The average Bonchev–Trinajstić information content (AvgIpc) is 2.69. The van der Waals surface area contributed by atoms with Crippen molar-refractivity contribution in [3.8, 4) is 0 Å². The molecule has 0 aliphatic carbocycles. The molecule has 6 heteroatoms. The zero-order chi connectivity index (χ0) is 22.9. The Bertz CT molecular complexity index is 603. The minimum absolute atomic E-state index is 0.178. The van der Waals surface area contributed by atoms with Crippen molar-refractivity contribution in [2.45, 2.75) is 90.4 Å². The molecule has 0 aliphatic heterocycles. The van der Waals surface area contributed by atoms with E-state index in [9.17, 15) is 18.1 Å². The van der Waals surface area contributed by atoms with E-state index in [0.717, 1.165) is 12.1 Å². The van der Waals surface area contributed by atoms with Crippen LogP contribution in [0.15, 0.2) is 29.2 Å². The van der Waals surface area contributed by atoms with Gasteiger partial charge in [0.05, 0.1) is 31.1 Å². The predicted octanol–water partition coefficient (Wildman–Crippen LogP) is 5.27. The summed E-state index contributed by atoms with van der Waals surface area (Å²) >= 11 is 0. The third kappa shape index (κ3) is 13.4. The molecule has 0 unspecified atom stereocenters. The van der Waals surface area contributed by atoms with E-state index in [4.69, 9.17) is 0 Å². The van der Waals surface area contributed by atoms with Crippen LogP contribution in [-0.4, -0.2) is 55.3 Å². The minimum Gasteiger partial charge on any atom is -0.744 e. The predicted molar refractivity (Wildman–Crippen MR) is 125 cm³/mol. The molecule has 0 aliphatic rings. The maximum atomic E-state index is 10.4. The second kappa shape index (κ2) is 16.7. The van der Waals surface area contributed by atoms with Gasteiger partial charge in [-0.25, -0.2) is 8.42 Å². The molecular weight excluding hydrogens is 398 g/mol. The molecule has 1 aromatic carbocycles. The van der Waals surface area contributed by atoms with Gasteiger partial charge >= 0.3 is 0 Å². The summed E-state index contributed by atoms with van der Waals surface area (Å²) in [5.41, 5.74) is 0.928. The number of benzene rings is 1. The largest absolute Gasteiger partial charge is 0.744 e. The van der Waals surface area contributed by atoms with Crippen molar-refractivity contribution in [3.63, 3.8) is 0 Å². The van der Waals surface area contributed by atoms with Crippen LogP contribution in [0.25, 0.3) is 0 Å². The number of hydrogen-bond donors (Lipinski definition) is 1. The number of hydrogen-bond acceptors (Lipinski definition) is 4. The smallest absolute Gasteiger partial charge is 0.124 e. The van der Waals surface area contributed by atoms with E-state index < -0.39 is 10.1 Å². The second-order valence-electron chi connectivity index (χ2n) is 8.35. The molecule has 176 valence electrons. The topological polar surface area (TPSA) is 77.4 Å². The molecule has 0 saturated carbocycles. The van der Waals surface area contributed by atoms with Crippen LogP contribution in [-0.2, 0) is 10.1 Å². The molecule has 0 atom stereocenters. The Balaban J connectivity index is 0.000000642. The van der Waals surface area contributed by atoms with Crippen LogP contribution in [0.5, 0.6) is 0 Å². The quantitative estimate of drug-likeness (QED) is 0.228. The van der Waals surface area contributed by atoms with E-state index in [1.165, 1.54) is 94.0 Å². The molecule has 0 heterocycles. The van der Waals surface area contributed by atoms with Crippen molar-refractivity contribution in [2.75, 3.05) is 32.8 Å². The summed E-state index contributed by atoms with van der Waals surface area (Å²) in [5.74, 6) is 0. The number of nitrogens with zero attached hydrogens (tertiary/aromatic N) is 1. The van der Waals surface area contributed by atoms with Gasteiger partial charge in [0.25, 0.3) is 0 Å². The molecule has 0 bridgehead atoms. The SMILES string of the molecule is CCCCC[N+](CCO)(CCCCC)CCCCC.Cc1ccc(S(=O)(=O)[O-])cc1. The van der Waals surface area contributed by atoms with Gasteiger partial charge in [-0.3, -0.25) is 0 Å². The first-order valence-electron chi connectivity index (χ1n) is 11.7. The number of unbranched alkanes of at least 4 members (excludes halogenated alkanes) is 6. The third-order valence-electron chi connectivity index (χ3n) is 5.59. The van der Waals surface area contributed by atoms with E-state index in [-0.39, 0.29) is 4.90 Å². The molecule has 0 spiro atoms. The Morgan fingerprint density at radius 1 is 0.767 bits per heavy atom. The number of quaternary nitrogens is 1. The highest BCUT2D eigenvalue weighted by Gasteiger charge is 2.25. The van der Waals surface area contributed by atoms with Gasteiger partial charge < -0.3 is 14.1 Å². The lowest BCUT2D eigenvalue weighted by molar-refractivity contribution is -0.929. The zero-order valence-electron chi connectivity index (χ0n) is 19.7. The molecule has 0 aromatic heterocycles. The average molecular weight is 444 g/mol. The fraction of sp³-hybridized carbons (Fsp3) is 0.750. The summed E-state index contributed by atoms with van der Waals surface area (Å²) in [6, 6.07) is 5.78. The van der Waals surface area contributed by atoms with E-state index in [0.29, 0.717) is 6.61 Å². The first-order chi connectivity index (χ1) is 14.2. The van der Waals surface area contributed by atoms with Crippen molar-refractivity contribution < 1.29 is 22.6 Å². The molecule has 1 aromatic rings. The lowest BCUT2D eigenvalue weighted by Crippen LogP contribution is -2.51. The Kier molecular flexibility index (Phi) is 16.2. The monoisotopic (exact) mass is 443 g/mol.